The zero-order chi connectivity index (χ0) is 31.7. The predicted molar refractivity (Wildman–Crippen MR) is 179 cm³/mol. The van der Waals surface area contributed by atoms with E-state index < -0.39 is 12.2 Å². The summed E-state index contributed by atoms with van der Waals surface area (Å²) in [6, 6.07) is 13.4. The van der Waals surface area contributed by atoms with E-state index in [1.807, 2.05) is 61.2 Å². The number of aryl methyl sites for hydroxylation is 1. The number of amides is 1. The molecule has 242 valence electrons. The van der Waals surface area contributed by atoms with Gasteiger partial charge in [0.15, 0.2) is 0 Å². The molecule has 10 heteroatoms. The minimum Gasteiger partial charge on any atom is -0.494 e. The van der Waals surface area contributed by atoms with E-state index >= 15 is 0 Å². The Labute approximate surface area is 274 Å². The van der Waals surface area contributed by atoms with Gasteiger partial charge in [-0.3, -0.25) is 4.90 Å². The van der Waals surface area contributed by atoms with Gasteiger partial charge in [0.05, 0.1) is 12.9 Å². The number of halogens is 2. The summed E-state index contributed by atoms with van der Waals surface area (Å²) in [4.78, 5) is 22.9. The van der Waals surface area contributed by atoms with E-state index in [9.17, 15) is 9.18 Å². The van der Waals surface area contributed by atoms with E-state index in [4.69, 9.17) is 21.1 Å². The van der Waals surface area contributed by atoms with Crippen LogP contribution in [-0.4, -0.2) is 57.9 Å². The van der Waals surface area contributed by atoms with Crippen molar-refractivity contribution >= 4 is 28.6 Å². The highest BCUT2D eigenvalue weighted by molar-refractivity contribution is 6.31. The third-order valence-electron chi connectivity index (χ3n) is 8.63. The average molecular weight is 646 g/mol. The van der Waals surface area contributed by atoms with Crippen LogP contribution < -0.4 is 10.1 Å². The highest BCUT2D eigenvalue weighted by Gasteiger charge is 2.36. The summed E-state index contributed by atoms with van der Waals surface area (Å²) in [6.45, 7) is 4.20. The number of hydrogen-bond acceptors (Lipinski definition) is 5. The quantitative estimate of drug-likeness (QED) is 0.136. The number of nitrogens with one attached hydrogen (secondary N) is 2. The molecule has 8 nitrogen and oxygen atoms in total. The summed E-state index contributed by atoms with van der Waals surface area (Å²) in [5, 5.41) is 5.26. The van der Waals surface area contributed by atoms with Crippen molar-refractivity contribution in [2.45, 2.75) is 63.6 Å². The fraction of sp³-hybridized carbons (Fsp3) is 0.389. The number of unbranched alkanes of at least 4 members (excludes halogenated alkanes) is 3. The molecule has 4 aromatic rings. The van der Waals surface area contributed by atoms with Crippen molar-refractivity contribution < 1.29 is 18.7 Å². The maximum absolute atomic E-state index is 13.5. The van der Waals surface area contributed by atoms with E-state index in [1.54, 1.807) is 11.0 Å². The van der Waals surface area contributed by atoms with Crippen LogP contribution in [0.3, 0.4) is 0 Å². The van der Waals surface area contributed by atoms with Gasteiger partial charge in [-0.2, -0.15) is 0 Å². The normalized spacial score (nSPS) is 17.6. The summed E-state index contributed by atoms with van der Waals surface area (Å²) < 4.78 is 27.5. The number of aromatic nitrogens is 3. The number of aromatic amines is 1. The van der Waals surface area contributed by atoms with Gasteiger partial charge in [0, 0.05) is 53.5 Å². The maximum Gasteiger partial charge on any atom is 0.411 e. The molecule has 2 aromatic heterocycles. The molecule has 1 aliphatic heterocycles. The monoisotopic (exact) mass is 645 g/mol. The molecule has 2 atom stereocenters. The fourth-order valence-electron chi connectivity index (χ4n) is 6.24. The number of H-pyrrole nitrogens is 1. The average Bonchev–Trinajstić information content (AvgIpc) is 3.72. The zero-order valence-electron chi connectivity index (χ0n) is 26.0. The highest BCUT2D eigenvalue weighted by atomic mass is 35.5. The molecule has 0 bridgehead atoms. The first kappa shape index (κ1) is 31.9. The van der Waals surface area contributed by atoms with Gasteiger partial charge in [0.2, 0.25) is 0 Å². The number of benzene rings is 2. The minimum atomic E-state index is -0.499. The Kier molecular flexibility index (Phi) is 10.7. The number of ether oxygens (including phenoxy) is 2. The minimum absolute atomic E-state index is 0.312. The van der Waals surface area contributed by atoms with Crippen molar-refractivity contribution in [3.05, 3.63) is 107 Å². The third kappa shape index (κ3) is 8.00. The van der Waals surface area contributed by atoms with Gasteiger partial charge in [-0.05, 0) is 98.5 Å². The summed E-state index contributed by atoms with van der Waals surface area (Å²) in [5.74, 6) is 0.492. The largest absolute Gasteiger partial charge is 0.494 e. The van der Waals surface area contributed by atoms with Gasteiger partial charge in [-0.25, -0.2) is 14.2 Å². The van der Waals surface area contributed by atoms with Gasteiger partial charge in [0.1, 0.15) is 23.7 Å². The van der Waals surface area contributed by atoms with Crippen LogP contribution in [0.25, 0.3) is 10.9 Å². The lowest BCUT2D eigenvalue weighted by Crippen LogP contribution is -2.42. The van der Waals surface area contributed by atoms with Gasteiger partial charge in [-0.15, -0.1) is 0 Å². The first-order valence-corrected chi connectivity index (χ1v) is 16.6. The molecule has 1 aliphatic carbocycles. The first-order valence-electron chi connectivity index (χ1n) is 16.3. The van der Waals surface area contributed by atoms with Crippen LogP contribution in [0.5, 0.6) is 5.75 Å². The summed E-state index contributed by atoms with van der Waals surface area (Å²) >= 11 is 6.35. The molecule has 46 heavy (non-hydrogen) atoms. The van der Waals surface area contributed by atoms with Crippen molar-refractivity contribution in [3.8, 4) is 5.75 Å². The Bertz CT molecular complexity index is 1650. The first-order chi connectivity index (χ1) is 22.5. The van der Waals surface area contributed by atoms with Crippen LogP contribution >= 0.6 is 11.6 Å². The van der Waals surface area contributed by atoms with Crippen LogP contribution in [0.1, 0.15) is 61.4 Å². The molecule has 0 saturated heterocycles. The van der Waals surface area contributed by atoms with Crippen LogP contribution in [0, 0.1) is 0 Å². The SMILES string of the molecule is O=C(OC1C=CC(F)=CC1)N1CCc2c([nH]c3ccc(Cl)cc23)C1c1ccc(OCCCCCCNCCCn2ccnc2)cc1. The number of rotatable bonds is 14. The van der Waals surface area contributed by atoms with E-state index in [2.05, 4.69) is 19.9 Å². The van der Waals surface area contributed by atoms with Crippen molar-refractivity contribution in [1.29, 1.82) is 0 Å². The van der Waals surface area contributed by atoms with Crippen molar-refractivity contribution in [1.82, 2.24) is 24.8 Å². The lowest BCUT2D eigenvalue weighted by atomic mass is 9.92. The molecular weight excluding hydrogens is 605 g/mol. The Morgan fingerprint density at radius 2 is 1.93 bits per heavy atom. The standard InChI is InChI=1S/C36H41ClFN5O3/c37-27-8-15-33-32(24-27)31-16-21-43(36(44)46-30-13-9-28(38)10-14-30)35(34(31)41-33)26-6-11-29(12-7-26)45-23-4-2-1-3-17-39-18-5-20-42-22-19-40-25-42/h6-13,15,19,22,24-25,30,35,39,41H,1-5,14,16-18,20-21,23H2. The highest BCUT2D eigenvalue weighted by Crippen LogP contribution is 2.40. The lowest BCUT2D eigenvalue weighted by Gasteiger charge is -2.36. The van der Waals surface area contributed by atoms with Crippen molar-refractivity contribution in [2.24, 2.45) is 0 Å². The molecule has 2 unspecified atom stereocenters. The van der Waals surface area contributed by atoms with Crippen molar-refractivity contribution in [2.75, 3.05) is 26.2 Å². The molecule has 6 rings (SSSR count). The molecular formula is C36H41ClFN5O3. The van der Waals surface area contributed by atoms with E-state index in [1.165, 1.54) is 18.6 Å². The Hall–Kier alpha value is -4.08. The molecule has 2 aromatic carbocycles. The Morgan fingerprint density at radius 1 is 1.09 bits per heavy atom. The molecule has 3 heterocycles. The van der Waals surface area contributed by atoms with Gasteiger partial charge in [-0.1, -0.05) is 36.6 Å². The summed E-state index contributed by atoms with van der Waals surface area (Å²) in [6.07, 6.45) is 15.7. The van der Waals surface area contributed by atoms with Crippen LogP contribution in [-0.2, 0) is 17.7 Å². The zero-order valence-corrected chi connectivity index (χ0v) is 26.7. The molecule has 0 saturated carbocycles. The van der Waals surface area contributed by atoms with Crippen LogP contribution in [0.15, 0.2) is 85.2 Å². The second-order valence-corrected chi connectivity index (χ2v) is 12.3. The maximum atomic E-state index is 13.5. The van der Waals surface area contributed by atoms with E-state index in [0.29, 0.717) is 31.0 Å². The summed E-state index contributed by atoms with van der Waals surface area (Å²) in [5.41, 5.74) is 4.03. The molecule has 2 N–H and O–H groups in total. The number of carbonyl (C=O) groups excluding carboxylic acids is 1. The second-order valence-electron chi connectivity index (χ2n) is 11.9. The summed E-state index contributed by atoms with van der Waals surface area (Å²) in [7, 11) is 0. The Morgan fingerprint density at radius 3 is 2.74 bits per heavy atom. The van der Waals surface area contributed by atoms with Gasteiger partial charge in [0.25, 0.3) is 0 Å². The topological polar surface area (TPSA) is 84.4 Å². The van der Waals surface area contributed by atoms with Crippen molar-refractivity contribution in [3.63, 3.8) is 0 Å². The molecule has 0 spiro atoms. The number of carbonyl (C=O) groups is 1. The molecule has 0 radical (unpaired) electrons. The fourth-order valence-corrected chi connectivity index (χ4v) is 6.41. The van der Waals surface area contributed by atoms with E-state index in [-0.39, 0.29) is 11.9 Å². The molecule has 1 amide bonds. The molecule has 2 aliphatic rings. The number of imidazole rings is 1. The van der Waals surface area contributed by atoms with Gasteiger partial charge >= 0.3 is 6.09 Å². The number of nitrogens with zero attached hydrogens (tertiary/aromatic N) is 3. The number of hydrogen-bond donors (Lipinski definition) is 2. The Balaban J connectivity index is 1.02. The van der Waals surface area contributed by atoms with Crippen LogP contribution in [0.4, 0.5) is 9.18 Å². The van der Waals surface area contributed by atoms with Gasteiger partial charge < -0.3 is 24.3 Å². The predicted octanol–water partition coefficient (Wildman–Crippen LogP) is 7.90. The number of fused-ring (bicyclic) bond motifs is 3. The smallest absolute Gasteiger partial charge is 0.411 e. The third-order valence-corrected chi connectivity index (χ3v) is 8.87. The molecule has 0 fully saturated rings. The lowest BCUT2D eigenvalue weighted by molar-refractivity contribution is 0.0687. The number of allylic oxidation sites excluding steroid dienone is 2. The second kappa shape index (κ2) is 15.5. The van der Waals surface area contributed by atoms with E-state index in [0.717, 1.165) is 78.8 Å². The van der Waals surface area contributed by atoms with Crippen LogP contribution in [0.2, 0.25) is 5.02 Å².